The van der Waals surface area contributed by atoms with Gasteiger partial charge in [0, 0.05) is 23.1 Å². The van der Waals surface area contributed by atoms with Crippen molar-refractivity contribution in [3.8, 4) is 5.75 Å². The molecule has 2 rings (SSSR count). The normalized spacial score (nSPS) is 11.2. The molecule has 0 aliphatic rings. The highest BCUT2D eigenvalue weighted by atomic mass is 16.3. The average Bonchev–Trinajstić information content (AvgIpc) is 2.62. The van der Waals surface area contributed by atoms with Crippen LogP contribution in [-0.4, -0.2) is 16.2 Å². The molecule has 1 aromatic carbocycles. The Labute approximate surface area is 102 Å². The van der Waals surface area contributed by atoms with E-state index in [1.807, 2.05) is 12.1 Å². The molecule has 0 fully saturated rings. The van der Waals surface area contributed by atoms with E-state index in [-0.39, 0.29) is 0 Å². The maximum atomic E-state index is 9.63. The molecular formula is C14H20N2O. The summed E-state index contributed by atoms with van der Waals surface area (Å²) in [5.74, 6) is 0.326. The Hall–Kier alpha value is -1.48. The first kappa shape index (κ1) is 12.0. The molecule has 0 atom stereocenters. The number of hydrogen-bond donors (Lipinski definition) is 2. The fourth-order valence-corrected chi connectivity index (χ4v) is 2.65. The first-order valence-corrected chi connectivity index (χ1v) is 6.25. The highest BCUT2D eigenvalue weighted by molar-refractivity contribution is 5.87. The van der Waals surface area contributed by atoms with Crippen molar-refractivity contribution in [3.63, 3.8) is 0 Å². The van der Waals surface area contributed by atoms with Gasteiger partial charge in [0.25, 0.3) is 0 Å². The van der Waals surface area contributed by atoms with Crippen molar-refractivity contribution in [1.82, 2.24) is 4.57 Å². The third-order valence-electron chi connectivity index (χ3n) is 3.32. The van der Waals surface area contributed by atoms with Crippen LogP contribution in [0, 0.1) is 0 Å². The van der Waals surface area contributed by atoms with Gasteiger partial charge in [-0.3, -0.25) is 0 Å². The second-order valence-electron chi connectivity index (χ2n) is 4.26. The summed E-state index contributed by atoms with van der Waals surface area (Å²) in [4.78, 5) is 0. The smallest absolute Gasteiger partial charge is 0.116 e. The molecule has 0 aliphatic heterocycles. The lowest BCUT2D eigenvalue weighted by atomic mass is 10.1. The predicted molar refractivity (Wildman–Crippen MR) is 71.4 cm³/mol. The summed E-state index contributed by atoms with van der Waals surface area (Å²) in [6.45, 7) is 5.92. The van der Waals surface area contributed by atoms with E-state index in [0.717, 1.165) is 24.8 Å². The van der Waals surface area contributed by atoms with Gasteiger partial charge in [-0.15, -0.1) is 0 Å². The van der Waals surface area contributed by atoms with Crippen molar-refractivity contribution >= 4 is 10.9 Å². The van der Waals surface area contributed by atoms with Crippen LogP contribution in [-0.2, 0) is 19.4 Å². The van der Waals surface area contributed by atoms with Crippen LogP contribution in [0.4, 0.5) is 0 Å². The van der Waals surface area contributed by atoms with Gasteiger partial charge in [0.2, 0.25) is 0 Å². The second kappa shape index (κ2) is 4.80. The first-order chi connectivity index (χ1) is 8.22. The highest BCUT2D eigenvalue weighted by Crippen LogP contribution is 2.29. The molecule has 1 heterocycles. The molecule has 2 aromatic rings. The van der Waals surface area contributed by atoms with Gasteiger partial charge < -0.3 is 15.4 Å². The fourth-order valence-electron chi connectivity index (χ4n) is 2.65. The van der Waals surface area contributed by atoms with E-state index < -0.39 is 0 Å². The lowest BCUT2D eigenvalue weighted by Gasteiger charge is -2.07. The molecule has 1 aromatic heterocycles. The lowest BCUT2D eigenvalue weighted by Crippen LogP contribution is -2.06. The summed E-state index contributed by atoms with van der Waals surface area (Å²) in [5.41, 5.74) is 9.53. The summed E-state index contributed by atoms with van der Waals surface area (Å²) < 4.78 is 2.32. The number of nitrogens with two attached hydrogens (primary N) is 1. The SMILES string of the molecule is CCc1c(CCN)c2cc(O)ccc2n1CC. The van der Waals surface area contributed by atoms with Gasteiger partial charge >= 0.3 is 0 Å². The fraction of sp³-hybridized carbons (Fsp3) is 0.429. The molecule has 0 bridgehead atoms. The number of nitrogens with zero attached hydrogens (tertiary/aromatic N) is 1. The standard InChI is InChI=1S/C14H20N2O/c1-3-13-11(7-8-15)12-9-10(17)5-6-14(12)16(13)4-2/h5-6,9,17H,3-4,7-8,15H2,1-2H3. The summed E-state index contributed by atoms with van der Waals surface area (Å²) in [5, 5.41) is 10.8. The predicted octanol–water partition coefficient (Wildman–Crippen LogP) is 2.43. The molecule has 3 heteroatoms. The van der Waals surface area contributed by atoms with Gasteiger partial charge in [-0.2, -0.15) is 0 Å². The molecule has 0 radical (unpaired) electrons. The van der Waals surface area contributed by atoms with Crippen LogP contribution in [0.15, 0.2) is 18.2 Å². The highest BCUT2D eigenvalue weighted by Gasteiger charge is 2.14. The van der Waals surface area contributed by atoms with Gasteiger partial charge in [0.05, 0.1) is 0 Å². The Balaban J connectivity index is 2.77. The number of phenolic OH excluding ortho intramolecular Hbond substituents is 1. The van der Waals surface area contributed by atoms with E-state index in [9.17, 15) is 5.11 Å². The van der Waals surface area contributed by atoms with E-state index >= 15 is 0 Å². The van der Waals surface area contributed by atoms with Gasteiger partial charge in [0.15, 0.2) is 0 Å². The topological polar surface area (TPSA) is 51.2 Å². The first-order valence-electron chi connectivity index (χ1n) is 6.25. The van der Waals surface area contributed by atoms with Crippen LogP contribution in [0.5, 0.6) is 5.75 Å². The molecule has 3 nitrogen and oxygen atoms in total. The minimum atomic E-state index is 0.326. The van der Waals surface area contributed by atoms with Crippen LogP contribution in [0.1, 0.15) is 25.1 Å². The summed E-state index contributed by atoms with van der Waals surface area (Å²) in [6, 6.07) is 5.60. The van der Waals surface area contributed by atoms with Crippen LogP contribution in [0.25, 0.3) is 10.9 Å². The van der Waals surface area contributed by atoms with Crippen molar-refractivity contribution < 1.29 is 5.11 Å². The molecule has 0 spiro atoms. The number of aromatic hydroxyl groups is 1. The number of phenols is 1. The largest absolute Gasteiger partial charge is 0.508 e. The number of aryl methyl sites for hydroxylation is 1. The maximum Gasteiger partial charge on any atom is 0.116 e. The van der Waals surface area contributed by atoms with Crippen LogP contribution < -0.4 is 5.73 Å². The lowest BCUT2D eigenvalue weighted by molar-refractivity contribution is 0.476. The second-order valence-corrected chi connectivity index (χ2v) is 4.26. The summed E-state index contributed by atoms with van der Waals surface area (Å²) in [7, 11) is 0. The summed E-state index contributed by atoms with van der Waals surface area (Å²) in [6.07, 6.45) is 1.87. The number of fused-ring (bicyclic) bond motifs is 1. The molecule has 0 unspecified atom stereocenters. The molecule has 0 saturated heterocycles. The van der Waals surface area contributed by atoms with E-state index in [1.54, 1.807) is 6.07 Å². The van der Waals surface area contributed by atoms with E-state index in [4.69, 9.17) is 5.73 Å². The Morgan fingerprint density at radius 1 is 1.29 bits per heavy atom. The zero-order valence-electron chi connectivity index (χ0n) is 10.5. The van der Waals surface area contributed by atoms with Gasteiger partial charge in [-0.25, -0.2) is 0 Å². The van der Waals surface area contributed by atoms with Crippen molar-refractivity contribution in [2.45, 2.75) is 33.2 Å². The van der Waals surface area contributed by atoms with E-state index in [1.165, 1.54) is 16.8 Å². The molecule has 0 amide bonds. The van der Waals surface area contributed by atoms with Crippen molar-refractivity contribution in [2.24, 2.45) is 5.73 Å². The van der Waals surface area contributed by atoms with Gasteiger partial charge in [-0.1, -0.05) is 6.92 Å². The number of hydrogen-bond acceptors (Lipinski definition) is 2. The molecular weight excluding hydrogens is 212 g/mol. The van der Waals surface area contributed by atoms with E-state index in [2.05, 4.69) is 18.4 Å². The molecule has 3 N–H and O–H groups in total. The monoisotopic (exact) mass is 232 g/mol. The van der Waals surface area contributed by atoms with Crippen LogP contribution >= 0.6 is 0 Å². The van der Waals surface area contributed by atoms with E-state index in [0.29, 0.717) is 12.3 Å². The summed E-state index contributed by atoms with van der Waals surface area (Å²) >= 11 is 0. The van der Waals surface area contributed by atoms with Gasteiger partial charge in [-0.05, 0) is 50.1 Å². The van der Waals surface area contributed by atoms with Crippen LogP contribution in [0.3, 0.4) is 0 Å². The Morgan fingerprint density at radius 2 is 2.06 bits per heavy atom. The molecule has 0 aliphatic carbocycles. The quantitative estimate of drug-likeness (QED) is 0.850. The minimum Gasteiger partial charge on any atom is -0.508 e. The van der Waals surface area contributed by atoms with Crippen molar-refractivity contribution in [2.75, 3.05) is 6.54 Å². The van der Waals surface area contributed by atoms with Gasteiger partial charge in [0.1, 0.15) is 5.75 Å². The average molecular weight is 232 g/mol. The number of aromatic nitrogens is 1. The van der Waals surface area contributed by atoms with Crippen molar-refractivity contribution in [3.05, 3.63) is 29.5 Å². The molecule has 0 saturated carbocycles. The number of rotatable bonds is 4. The third kappa shape index (κ3) is 1.91. The molecule has 17 heavy (non-hydrogen) atoms. The zero-order valence-corrected chi connectivity index (χ0v) is 10.5. The number of benzene rings is 1. The Kier molecular flexibility index (Phi) is 3.38. The maximum absolute atomic E-state index is 9.63. The van der Waals surface area contributed by atoms with Crippen molar-refractivity contribution in [1.29, 1.82) is 0 Å². The minimum absolute atomic E-state index is 0.326. The zero-order chi connectivity index (χ0) is 12.4. The Morgan fingerprint density at radius 3 is 2.65 bits per heavy atom. The third-order valence-corrected chi connectivity index (χ3v) is 3.32. The van der Waals surface area contributed by atoms with Crippen LogP contribution in [0.2, 0.25) is 0 Å². The molecule has 92 valence electrons. The Bertz CT molecular complexity index is 528.